The third-order valence-electron chi connectivity index (χ3n) is 4.97. The molecule has 3 rings (SSSR count). The third kappa shape index (κ3) is 6.93. The van der Waals surface area contributed by atoms with E-state index in [1.54, 1.807) is 29.2 Å². The summed E-state index contributed by atoms with van der Waals surface area (Å²) in [4.78, 5) is 37.8. The molecular formula is C27H28N2O5. The molecular weight excluding hydrogens is 432 g/mol. The van der Waals surface area contributed by atoms with Crippen molar-refractivity contribution in [2.75, 3.05) is 23.4 Å². The molecule has 1 amide bonds. The minimum Gasteiger partial charge on any atom is -0.482 e. The van der Waals surface area contributed by atoms with E-state index in [1.165, 1.54) is 6.92 Å². The van der Waals surface area contributed by atoms with Gasteiger partial charge in [-0.05, 0) is 81.4 Å². The van der Waals surface area contributed by atoms with Gasteiger partial charge in [-0.25, -0.2) is 4.79 Å². The molecule has 34 heavy (non-hydrogen) atoms. The van der Waals surface area contributed by atoms with Crippen molar-refractivity contribution in [2.24, 2.45) is 0 Å². The number of hydrogen-bond acceptors (Lipinski definition) is 6. The third-order valence-corrected chi connectivity index (χ3v) is 4.97. The van der Waals surface area contributed by atoms with Crippen LogP contribution in [0.2, 0.25) is 0 Å². The first-order valence-corrected chi connectivity index (χ1v) is 11.0. The highest BCUT2D eigenvalue weighted by atomic mass is 16.6. The minimum absolute atomic E-state index is 0.0544. The number of Topliss-reactive ketones (excluding diaryl/α,β-unsaturated/α-hetero) is 1. The molecule has 0 aliphatic heterocycles. The highest BCUT2D eigenvalue weighted by Gasteiger charge is 2.21. The van der Waals surface area contributed by atoms with Gasteiger partial charge in [-0.1, -0.05) is 18.2 Å². The highest BCUT2D eigenvalue weighted by Crippen LogP contribution is 2.23. The summed E-state index contributed by atoms with van der Waals surface area (Å²) in [5.41, 5.74) is 3.12. The van der Waals surface area contributed by atoms with E-state index < -0.39 is 12.6 Å². The van der Waals surface area contributed by atoms with Crippen LogP contribution < -0.4 is 15.0 Å². The van der Waals surface area contributed by atoms with Crippen LogP contribution in [0.4, 0.5) is 17.1 Å². The lowest BCUT2D eigenvalue weighted by molar-refractivity contribution is -0.149. The molecule has 7 heteroatoms. The van der Waals surface area contributed by atoms with Gasteiger partial charge in [0, 0.05) is 28.7 Å². The fourth-order valence-electron chi connectivity index (χ4n) is 3.31. The van der Waals surface area contributed by atoms with Gasteiger partial charge in [-0.3, -0.25) is 9.59 Å². The first kappa shape index (κ1) is 24.5. The lowest BCUT2D eigenvalue weighted by atomic mass is 10.1. The van der Waals surface area contributed by atoms with Gasteiger partial charge >= 0.3 is 5.97 Å². The summed E-state index contributed by atoms with van der Waals surface area (Å²) in [5.74, 6) is -0.615. The van der Waals surface area contributed by atoms with Gasteiger partial charge in [0.1, 0.15) is 5.75 Å². The molecule has 1 N–H and O–H groups in total. The Bertz CT molecular complexity index is 1110. The molecule has 0 radical (unpaired) electrons. The lowest BCUT2D eigenvalue weighted by Crippen LogP contribution is -2.40. The van der Waals surface area contributed by atoms with Crippen molar-refractivity contribution < 1.29 is 23.9 Å². The number of ether oxygens (including phenoxy) is 2. The normalized spacial score (nSPS) is 10.5. The highest BCUT2D eigenvalue weighted by molar-refractivity contribution is 5.96. The molecule has 0 heterocycles. The second-order valence-electron chi connectivity index (χ2n) is 7.93. The van der Waals surface area contributed by atoms with Crippen molar-refractivity contribution in [1.82, 2.24) is 0 Å². The zero-order valence-electron chi connectivity index (χ0n) is 19.5. The van der Waals surface area contributed by atoms with E-state index in [2.05, 4.69) is 5.32 Å². The molecule has 0 saturated carbocycles. The molecule has 0 atom stereocenters. The van der Waals surface area contributed by atoms with E-state index in [-0.39, 0.29) is 24.3 Å². The predicted octanol–water partition coefficient (Wildman–Crippen LogP) is 5.00. The van der Waals surface area contributed by atoms with Crippen molar-refractivity contribution in [3.8, 4) is 5.75 Å². The van der Waals surface area contributed by atoms with E-state index in [1.807, 2.05) is 68.4 Å². The maximum absolute atomic E-state index is 12.8. The van der Waals surface area contributed by atoms with Gasteiger partial charge in [0.05, 0.1) is 0 Å². The minimum atomic E-state index is -0.657. The van der Waals surface area contributed by atoms with Crippen LogP contribution >= 0.6 is 0 Å². The number of nitrogens with one attached hydrogen (secondary N) is 1. The average molecular weight is 461 g/mol. The van der Waals surface area contributed by atoms with Crippen LogP contribution in [0.3, 0.4) is 0 Å². The SMILES string of the molecule is CC(=O)c1ccc(OCC(=O)OCC(=O)N(c2ccc(Nc3ccccc3)cc2)C(C)C)cc1. The Kier molecular flexibility index (Phi) is 8.40. The summed E-state index contributed by atoms with van der Waals surface area (Å²) < 4.78 is 10.5. The summed E-state index contributed by atoms with van der Waals surface area (Å²) in [5, 5.41) is 3.30. The predicted molar refractivity (Wildman–Crippen MR) is 132 cm³/mol. The monoisotopic (exact) mass is 460 g/mol. The molecule has 7 nitrogen and oxygen atoms in total. The second-order valence-corrected chi connectivity index (χ2v) is 7.93. The molecule has 3 aromatic rings. The Hall–Kier alpha value is -4.13. The van der Waals surface area contributed by atoms with Crippen LogP contribution in [0.1, 0.15) is 31.1 Å². The van der Waals surface area contributed by atoms with Gasteiger partial charge in [0.2, 0.25) is 0 Å². The number of ketones is 1. The summed E-state index contributed by atoms with van der Waals surface area (Å²) in [6, 6.07) is 23.6. The largest absolute Gasteiger partial charge is 0.482 e. The van der Waals surface area contributed by atoms with E-state index in [4.69, 9.17) is 9.47 Å². The smallest absolute Gasteiger partial charge is 0.344 e. The van der Waals surface area contributed by atoms with Gasteiger partial charge in [-0.2, -0.15) is 0 Å². The maximum atomic E-state index is 12.8. The first-order chi connectivity index (χ1) is 16.3. The standard InChI is InChI=1S/C27H28N2O5/c1-19(2)29(24-13-11-23(12-14-24)28-22-7-5-4-6-8-22)26(31)17-34-27(32)18-33-25-15-9-21(10-16-25)20(3)30/h4-16,19,28H,17-18H2,1-3H3. The second kappa shape index (κ2) is 11.7. The van der Waals surface area contributed by atoms with Crippen LogP contribution in [-0.2, 0) is 14.3 Å². The lowest BCUT2D eigenvalue weighted by Gasteiger charge is -2.27. The average Bonchev–Trinajstić information content (AvgIpc) is 2.83. The van der Waals surface area contributed by atoms with E-state index in [0.29, 0.717) is 17.0 Å². The molecule has 3 aromatic carbocycles. The molecule has 0 spiro atoms. The number of benzene rings is 3. The maximum Gasteiger partial charge on any atom is 0.344 e. The number of carbonyl (C=O) groups is 3. The van der Waals surface area contributed by atoms with Crippen LogP contribution in [0.5, 0.6) is 5.75 Å². The Morgan fingerprint density at radius 3 is 2.03 bits per heavy atom. The molecule has 0 aliphatic carbocycles. The summed E-state index contributed by atoms with van der Waals surface area (Å²) in [6.45, 7) is 4.52. The number of nitrogens with zero attached hydrogens (tertiary/aromatic N) is 1. The van der Waals surface area contributed by atoms with Crippen molar-refractivity contribution in [2.45, 2.75) is 26.8 Å². The Balaban J connectivity index is 1.53. The number of amides is 1. The summed E-state index contributed by atoms with van der Waals surface area (Å²) in [7, 11) is 0. The van der Waals surface area contributed by atoms with Crippen LogP contribution in [0, 0.1) is 0 Å². The molecule has 176 valence electrons. The van der Waals surface area contributed by atoms with Gasteiger partial charge in [0.15, 0.2) is 19.0 Å². The van der Waals surface area contributed by atoms with Crippen molar-refractivity contribution in [1.29, 1.82) is 0 Å². The number of hydrogen-bond donors (Lipinski definition) is 1. The number of carbonyl (C=O) groups excluding carboxylic acids is 3. The molecule has 0 saturated heterocycles. The van der Waals surface area contributed by atoms with Crippen molar-refractivity contribution in [3.63, 3.8) is 0 Å². The Morgan fingerprint density at radius 2 is 1.44 bits per heavy atom. The van der Waals surface area contributed by atoms with Crippen LogP contribution in [-0.4, -0.2) is 36.9 Å². The van der Waals surface area contributed by atoms with Crippen molar-refractivity contribution in [3.05, 3.63) is 84.4 Å². The molecule has 0 aromatic heterocycles. The fourth-order valence-corrected chi connectivity index (χ4v) is 3.31. The Morgan fingerprint density at radius 1 is 0.824 bits per heavy atom. The topological polar surface area (TPSA) is 84.9 Å². The van der Waals surface area contributed by atoms with Gasteiger partial charge in [-0.15, -0.1) is 0 Å². The van der Waals surface area contributed by atoms with E-state index in [9.17, 15) is 14.4 Å². The number of anilines is 3. The number of para-hydroxylation sites is 1. The van der Waals surface area contributed by atoms with Crippen molar-refractivity contribution >= 4 is 34.7 Å². The molecule has 0 bridgehead atoms. The van der Waals surface area contributed by atoms with Gasteiger partial charge < -0.3 is 19.7 Å². The number of esters is 1. The zero-order valence-corrected chi connectivity index (χ0v) is 19.5. The fraction of sp³-hybridized carbons (Fsp3) is 0.222. The van der Waals surface area contributed by atoms with E-state index >= 15 is 0 Å². The van der Waals surface area contributed by atoms with Crippen LogP contribution in [0.25, 0.3) is 0 Å². The summed E-state index contributed by atoms with van der Waals surface area (Å²) in [6.07, 6.45) is 0. The quantitative estimate of drug-likeness (QED) is 0.339. The number of rotatable bonds is 10. The first-order valence-electron chi connectivity index (χ1n) is 11.0. The molecule has 0 aliphatic rings. The van der Waals surface area contributed by atoms with E-state index in [0.717, 1.165) is 11.4 Å². The van der Waals surface area contributed by atoms with Crippen LogP contribution in [0.15, 0.2) is 78.9 Å². The molecule has 0 fully saturated rings. The molecule has 0 unspecified atom stereocenters. The zero-order chi connectivity index (χ0) is 24.5. The van der Waals surface area contributed by atoms with Gasteiger partial charge in [0.25, 0.3) is 5.91 Å². The Labute approximate surface area is 199 Å². The summed E-state index contributed by atoms with van der Waals surface area (Å²) >= 11 is 0.